The Morgan fingerprint density at radius 2 is 2.06 bits per heavy atom. The number of anilines is 1. The number of rotatable bonds is 6. The SMILES string of the molecule is CCCc1cc(NS(=O)(=O)CCC(C)(C)C)n[nH]1. The van der Waals surface area contributed by atoms with Crippen LogP contribution in [0.3, 0.4) is 0 Å². The van der Waals surface area contributed by atoms with Crippen LogP contribution in [0.5, 0.6) is 0 Å². The summed E-state index contributed by atoms with van der Waals surface area (Å²) in [5.74, 6) is 0.499. The van der Waals surface area contributed by atoms with Gasteiger partial charge in [0.15, 0.2) is 5.82 Å². The van der Waals surface area contributed by atoms with Crippen LogP contribution >= 0.6 is 0 Å². The Kier molecular flexibility index (Phi) is 4.78. The molecule has 104 valence electrons. The Balaban J connectivity index is 2.59. The van der Waals surface area contributed by atoms with Crippen molar-refractivity contribution >= 4 is 15.8 Å². The molecule has 0 aliphatic rings. The molecule has 5 nitrogen and oxygen atoms in total. The van der Waals surface area contributed by atoms with Crippen molar-refractivity contribution in [2.75, 3.05) is 10.5 Å². The van der Waals surface area contributed by atoms with Crippen LogP contribution < -0.4 is 4.72 Å². The first-order chi connectivity index (χ1) is 8.22. The molecule has 1 rings (SSSR count). The number of aromatic nitrogens is 2. The van der Waals surface area contributed by atoms with Gasteiger partial charge in [-0.2, -0.15) is 5.10 Å². The van der Waals surface area contributed by atoms with E-state index in [4.69, 9.17) is 0 Å². The van der Waals surface area contributed by atoms with E-state index in [1.54, 1.807) is 6.07 Å². The molecule has 0 unspecified atom stereocenters. The number of aromatic amines is 1. The van der Waals surface area contributed by atoms with Gasteiger partial charge in [-0.3, -0.25) is 9.82 Å². The van der Waals surface area contributed by atoms with E-state index in [1.165, 1.54) is 0 Å². The van der Waals surface area contributed by atoms with E-state index < -0.39 is 10.0 Å². The van der Waals surface area contributed by atoms with E-state index in [-0.39, 0.29) is 11.2 Å². The van der Waals surface area contributed by atoms with Crippen LogP contribution in [0.4, 0.5) is 5.82 Å². The predicted octanol–water partition coefficient (Wildman–Crippen LogP) is 2.54. The molecule has 0 aliphatic heterocycles. The molecule has 0 spiro atoms. The minimum absolute atomic E-state index is 0.00763. The second-order valence-electron chi connectivity index (χ2n) is 5.76. The van der Waals surface area contributed by atoms with Gasteiger partial charge in [-0.15, -0.1) is 0 Å². The minimum atomic E-state index is -3.30. The molecule has 0 bridgehead atoms. The van der Waals surface area contributed by atoms with E-state index in [2.05, 4.69) is 21.8 Å². The average molecular weight is 273 g/mol. The van der Waals surface area contributed by atoms with Crippen LogP contribution in [-0.4, -0.2) is 24.4 Å². The summed E-state index contributed by atoms with van der Waals surface area (Å²) in [6, 6.07) is 1.75. The van der Waals surface area contributed by atoms with E-state index in [9.17, 15) is 8.42 Å². The fourth-order valence-electron chi connectivity index (χ4n) is 1.46. The monoisotopic (exact) mass is 273 g/mol. The molecule has 0 saturated carbocycles. The molecule has 0 fully saturated rings. The lowest BCUT2D eigenvalue weighted by Gasteiger charge is -2.17. The lowest BCUT2D eigenvalue weighted by atomic mass is 9.94. The summed E-state index contributed by atoms with van der Waals surface area (Å²) in [6.45, 7) is 8.14. The van der Waals surface area contributed by atoms with Crippen LogP contribution in [0.2, 0.25) is 0 Å². The zero-order valence-electron chi connectivity index (χ0n) is 11.6. The molecule has 1 aromatic rings. The normalized spacial score (nSPS) is 12.7. The summed E-state index contributed by atoms with van der Waals surface area (Å²) in [4.78, 5) is 0. The van der Waals surface area contributed by atoms with Crippen molar-refractivity contribution in [1.82, 2.24) is 10.2 Å². The largest absolute Gasteiger partial charge is 0.280 e. The second-order valence-corrected chi connectivity index (χ2v) is 7.60. The smallest absolute Gasteiger partial charge is 0.233 e. The lowest BCUT2D eigenvalue weighted by molar-refractivity contribution is 0.397. The molecule has 0 amide bonds. The molecule has 0 atom stereocenters. The van der Waals surface area contributed by atoms with Gasteiger partial charge >= 0.3 is 0 Å². The van der Waals surface area contributed by atoms with E-state index in [0.717, 1.165) is 18.5 Å². The summed E-state index contributed by atoms with van der Waals surface area (Å²) in [7, 11) is -3.30. The summed E-state index contributed by atoms with van der Waals surface area (Å²) in [6.07, 6.45) is 2.49. The Hall–Kier alpha value is -1.04. The van der Waals surface area contributed by atoms with Gasteiger partial charge in [0, 0.05) is 11.8 Å². The van der Waals surface area contributed by atoms with Gasteiger partial charge in [0.05, 0.1) is 5.75 Å². The van der Waals surface area contributed by atoms with Gasteiger partial charge in [0.25, 0.3) is 0 Å². The molecule has 2 N–H and O–H groups in total. The van der Waals surface area contributed by atoms with Crippen LogP contribution in [0.25, 0.3) is 0 Å². The Morgan fingerprint density at radius 1 is 1.39 bits per heavy atom. The predicted molar refractivity (Wildman–Crippen MR) is 74.1 cm³/mol. The highest BCUT2D eigenvalue weighted by atomic mass is 32.2. The Morgan fingerprint density at radius 3 is 2.61 bits per heavy atom. The van der Waals surface area contributed by atoms with Gasteiger partial charge in [-0.25, -0.2) is 8.42 Å². The minimum Gasteiger partial charge on any atom is -0.280 e. The quantitative estimate of drug-likeness (QED) is 0.836. The first-order valence-corrected chi connectivity index (χ1v) is 7.92. The number of nitrogens with one attached hydrogen (secondary N) is 2. The third-order valence-corrected chi connectivity index (χ3v) is 3.79. The molecule has 6 heteroatoms. The van der Waals surface area contributed by atoms with Gasteiger partial charge in [0.2, 0.25) is 10.0 Å². The zero-order chi connectivity index (χ0) is 13.8. The maximum atomic E-state index is 11.8. The van der Waals surface area contributed by atoms with Crippen molar-refractivity contribution in [2.24, 2.45) is 5.41 Å². The number of nitrogens with zero attached hydrogens (tertiary/aromatic N) is 1. The van der Waals surface area contributed by atoms with Gasteiger partial charge in [0.1, 0.15) is 0 Å². The number of aryl methyl sites for hydroxylation is 1. The van der Waals surface area contributed by atoms with Crippen LogP contribution in [0.1, 0.15) is 46.2 Å². The van der Waals surface area contributed by atoms with Crippen LogP contribution in [0.15, 0.2) is 6.07 Å². The molecular formula is C12H23N3O2S. The molecule has 1 heterocycles. The first kappa shape index (κ1) is 15.0. The van der Waals surface area contributed by atoms with Crippen molar-refractivity contribution in [3.63, 3.8) is 0 Å². The maximum Gasteiger partial charge on any atom is 0.233 e. The van der Waals surface area contributed by atoms with E-state index in [0.29, 0.717) is 12.2 Å². The van der Waals surface area contributed by atoms with Gasteiger partial charge < -0.3 is 0 Å². The second kappa shape index (κ2) is 5.73. The van der Waals surface area contributed by atoms with Gasteiger partial charge in [-0.05, 0) is 18.3 Å². The highest BCUT2D eigenvalue weighted by Gasteiger charge is 2.18. The van der Waals surface area contributed by atoms with Gasteiger partial charge in [-0.1, -0.05) is 34.1 Å². The third kappa shape index (κ3) is 5.53. The first-order valence-electron chi connectivity index (χ1n) is 6.26. The number of H-pyrrole nitrogens is 1. The number of hydrogen-bond acceptors (Lipinski definition) is 3. The van der Waals surface area contributed by atoms with Crippen molar-refractivity contribution < 1.29 is 8.42 Å². The third-order valence-electron chi connectivity index (χ3n) is 2.53. The topological polar surface area (TPSA) is 74.8 Å². The zero-order valence-corrected chi connectivity index (χ0v) is 12.4. The molecular weight excluding hydrogens is 250 g/mol. The summed E-state index contributed by atoms with van der Waals surface area (Å²) in [5, 5.41) is 6.77. The molecule has 1 aromatic heterocycles. The molecule has 0 aliphatic carbocycles. The van der Waals surface area contributed by atoms with Crippen molar-refractivity contribution in [3.8, 4) is 0 Å². The van der Waals surface area contributed by atoms with Crippen LogP contribution in [0, 0.1) is 5.41 Å². The standard InChI is InChI=1S/C12H23N3O2S/c1-5-6-10-9-11(14-13-10)15-18(16,17)8-7-12(2,3)4/h9H,5-8H2,1-4H3,(H2,13,14,15). The Labute approximate surface area is 109 Å². The van der Waals surface area contributed by atoms with Crippen molar-refractivity contribution in [3.05, 3.63) is 11.8 Å². The van der Waals surface area contributed by atoms with E-state index in [1.807, 2.05) is 20.8 Å². The van der Waals surface area contributed by atoms with Crippen LogP contribution in [-0.2, 0) is 16.4 Å². The molecule has 0 aromatic carbocycles. The summed E-state index contributed by atoms with van der Waals surface area (Å²) < 4.78 is 26.2. The molecule has 0 radical (unpaired) electrons. The average Bonchev–Trinajstić information content (AvgIpc) is 2.62. The van der Waals surface area contributed by atoms with Crippen molar-refractivity contribution in [2.45, 2.75) is 47.0 Å². The highest BCUT2D eigenvalue weighted by Crippen LogP contribution is 2.20. The summed E-state index contributed by atoms with van der Waals surface area (Å²) in [5.41, 5.74) is 0.958. The Bertz CT molecular complexity index is 472. The molecule has 18 heavy (non-hydrogen) atoms. The fourth-order valence-corrected chi connectivity index (χ4v) is 2.87. The number of sulfonamides is 1. The number of hydrogen-bond donors (Lipinski definition) is 2. The maximum absolute atomic E-state index is 11.8. The van der Waals surface area contributed by atoms with Crippen molar-refractivity contribution in [1.29, 1.82) is 0 Å². The summed E-state index contributed by atoms with van der Waals surface area (Å²) >= 11 is 0. The lowest BCUT2D eigenvalue weighted by Crippen LogP contribution is -2.21. The van der Waals surface area contributed by atoms with E-state index >= 15 is 0 Å². The highest BCUT2D eigenvalue weighted by molar-refractivity contribution is 7.92. The molecule has 0 saturated heterocycles. The fraction of sp³-hybridized carbons (Fsp3) is 0.750.